The number of unbranched alkanes of at least 4 members (excludes halogenated alkanes) is 4. The van der Waals surface area contributed by atoms with E-state index in [-0.39, 0.29) is 41.9 Å². The number of hydrogen-bond acceptors (Lipinski definition) is 2. The number of rotatable bonds is 8. The molecule has 0 bridgehead atoms. The Kier molecular flexibility index (Phi) is 12.9. The molecule has 0 unspecified atom stereocenters. The van der Waals surface area contributed by atoms with Gasteiger partial charge in [-0.1, -0.05) is 19.3 Å². The van der Waals surface area contributed by atoms with Crippen LogP contribution in [0, 0.1) is 0 Å². The quantitative estimate of drug-likeness (QED) is 0.456. The van der Waals surface area contributed by atoms with Crippen LogP contribution in [0.4, 0.5) is 0 Å². The Bertz CT molecular complexity index is 155. The van der Waals surface area contributed by atoms with Gasteiger partial charge in [0.15, 0.2) is 0 Å². The van der Waals surface area contributed by atoms with Crippen molar-refractivity contribution in [3.63, 3.8) is 0 Å². The molecule has 0 heterocycles. The maximum absolute atomic E-state index is 10.3. The molecule has 0 aromatic carbocycles. The standard InChI is InChI=1S/C9H17NO3.Na.H/c10-8(11)6-4-2-1-3-5-7-9(12)13;;/h1-7H2,(H2,10,11)(H,12,13);;. The minimum absolute atomic E-state index is 0. The zero-order chi connectivity index (χ0) is 10.1. The number of aliphatic carboxylic acids is 1. The number of carboxylic acids is 1. The molecule has 0 radical (unpaired) electrons. The monoisotopic (exact) mass is 211 g/mol. The second-order valence-corrected chi connectivity index (χ2v) is 3.13. The second kappa shape index (κ2) is 11.0. The van der Waals surface area contributed by atoms with Crippen LogP contribution in [0.25, 0.3) is 0 Å². The van der Waals surface area contributed by atoms with Crippen molar-refractivity contribution in [3.05, 3.63) is 0 Å². The molecular formula is C9H18NNaO3. The molecule has 5 heteroatoms. The Morgan fingerprint density at radius 3 is 1.79 bits per heavy atom. The fraction of sp³-hybridized carbons (Fsp3) is 0.778. The number of primary amides is 1. The summed E-state index contributed by atoms with van der Waals surface area (Å²) in [5.41, 5.74) is 4.96. The van der Waals surface area contributed by atoms with Gasteiger partial charge in [-0.05, 0) is 12.8 Å². The zero-order valence-corrected chi connectivity index (χ0v) is 7.79. The SMILES string of the molecule is NC(=O)CCCCCCCC(=O)O.[NaH]. The van der Waals surface area contributed by atoms with Crippen molar-refractivity contribution in [3.8, 4) is 0 Å². The van der Waals surface area contributed by atoms with Crippen molar-refractivity contribution >= 4 is 41.4 Å². The predicted octanol–water partition coefficient (Wildman–Crippen LogP) is 0.638. The molecule has 4 nitrogen and oxygen atoms in total. The average molecular weight is 211 g/mol. The van der Waals surface area contributed by atoms with Crippen molar-refractivity contribution < 1.29 is 14.7 Å². The summed E-state index contributed by atoms with van der Waals surface area (Å²) < 4.78 is 0. The van der Waals surface area contributed by atoms with Gasteiger partial charge in [-0.2, -0.15) is 0 Å². The van der Waals surface area contributed by atoms with Gasteiger partial charge in [-0.3, -0.25) is 9.59 Å². The van der Waals surface area contributed by atoms with Gasteiger partial charge >= 0.3 is 35.5 Å². The van der Waals surface area contributed by atoms with Gasteiger partial charge in [0.1, 0.15) is 0 Å². The van der Waals surface area contributed by atoms with E-state index < -0.39 is 5.97 Å². The van der Waals surface area contributed by atoms with Crippen LogP contribution in [0.15, 0.2) is 0 Å². The molecule has 3 N–H and O–H groups in total. The molecule has 0 rings (SSSR count). The summed E-state index contributed by atoms with van der Waals surface area (Å²) in [7, 11) is 0. The molecule has 0 aliphatic heterocycles. The molecule has 0 aliphatic carbocycles. The first-order valence-electron chi connectivity index (χ1n) is 4.63. The van der Waals surface area contributed by atoms with Gasteiger partial charge in [0, 0.05) is 12.8 Å². The molecule has 14 heavy (non-hydrogen) atoms. The molecule has 0 saturated heterocycles. The summed E-state index contributed by atoms with van der Waals surface area (Å²) in [4.78, 5) is 20.4. The Labute approximate surface area is 107 Å². The van der Waals surface area contributed by atoms with Gasteiger partial charge in [0.2, 0.25) is 5.91 Å². The van der Waals surface area contributed by atoms with Crippen LogP contribution in [0.1, 0.15) is 44.9 Å². The van der Waals surface area contributed by atoms with Gasteiger partial charge in [0.05, 0.1) is 0 Å². The van der Waals surface area contributed by atoms with E-state index in [1.165, 1.54) is 0 Å². The molecule has 0 fully saturated rings. The van der Waals surface area contributed by atoms with E-state index in [2.05, 4.69) is 0 Å². The number of amides is 1. The molecular weight excluding hydrogens is 193 g/mol. The van der Waals surface area contributed by atoms with Gasteiger partial charge in [-0.15, -0.1) is 0 Å². The number of carboxylic acid groups (broad SMARTS) is 1. The first-order valence-corrected chi connectivity index (χ1v) is 4.63. The second-order valence-electron chi connectivity index (χ2n) is 3.13. The van der Waals surface area contributed by atoms with Crippen LogP contribution < -0.4 is 5.73 Å². The van der Waals surface area contributed by atoms with E-state index in [9.17, 15) is 9.59 Å². The predicted molar refractivity (Wildman–Crippen MR) is 56.3 cm³/mol. The van der Waals surface area contributed by atoms with E-state index in [0.717, 1.165) is 32.1 Å². The first kappa shape index (κ1) is 16.4. The van der Waals surface area contributed by atoms with Crippen molar-refractivity contribution in [1.82, 2.24) is 0 Å². The van der Waals surface area contributed by atoms with Crippen LogP contribution in [0.5, 0.6) is 0 Å². The molecule has 1 amide bonds. The Morgan fingerprint density at radius 1 is 0.929 bits per heavy atom. The molecule has 0 aliphatic rings. The fourth-order valence-electron chi connectivity index (χ4n) is 1.11. The van der Waals surface area contributed by atoms with Crippen molar-refractivity contribution in [2.24, 2.45) is 5.73 Å². The maximum atomic E-state index is 10.3. The molecule has 0 spiro atoms. The summed E-state index contributed by atoms with van der Waals surface area (Å²) in [6, 6.07) is 0. The van der Waals surface area contributed by atoms with Crippen molar-refractivity contribution in [1.29, 1.82) is 0 Å². The summed E-state index contributed by atoms with van der Waals surface area (Å²) in [5, 5.41) is 8.33. The minimum atomic E-state index is -0.739. The van der Waals surface area contributed by atoms with Crippen molar-refractivity contribution in [2.75, 3.05) is 0 Å². The molecule has 78 valence electrons. The Balaban J connectivity index is 0. The van der Waals surface area contributed by atoms with Crippen LogP contribution in [0.3, 0.4) is 0 Å². The molecule has 0 aromatic heterocycles. The van der Waals surface area contributed by atoms with E-state index in [4.69, 9.17) is 10.8 Å². The Morgan fingerprint density at radius 2 is 1.36 bits per heavy atom. The number of nitrogens with two attached hydrogens (primary N) is 1. The fourth-order valence-corrected chi connectivity index (χ4v) is 1.11. The van der Waals surface area contributed by atoms with E-state index in [1.807, 2.05) is 0 Å². The van der Waals surface area contributed by atoms with Crippen LogP contribution in [-0.2, 0) is 9.59 Å². The summed E-state index contributed by atoms with van der Waals surface area (Å²) >= 11 is 0. The molecule has 0 atom stereocenters. The van der Waals surface area contributed by atoms with Crippen LogP contribution >= 0.6 is 0 Å². The van der Waals surface area contributed by atoms with Crippen molar-refractivity contribution in [2.45, 2.75) is 44.9 Å². The summed E-state index contributed by atoms with van der Waals surface area (Å²) in [6.45, 7) is 0. The zero-order valence-electron chi connectivity index (χ0n) is 7.79. The Hall–Kier alpha value is -0.0600. The third kappa shape index (κ3) is 14.5. The normalized spacial score (nSPS) is 9.14. The number of carbonyl (C=O) groups excluding carboxylic acids is 1. The van der Waals surface area contributed by atoms with Gasteiger partial charge in [-0.25, -0.2) is 0 Å². The van der Waals surface area contributed by atoms with E-state index >= 15 is 0 Å². The summed E-state index contributed by atoms with van der Waals surface area (Å²) in [6.07, 6.45) is 5.11. The van der Waals surface area contributed by atoms with E-state index in [0.29, 0.717) is 6.42 Å². The van der Waals surface area contributed by atoms with Gasteiger partial charge < -0.3 is 10.8 Å². The van der Waals surface area contributed by atoms with Gasteiger partial charge in [0.25, 0.3) is 0 Å². The molecule has 0 aromatic rings. The number of hydrogen-bond donors (Lipinski definition) is 2. The average Bonchev–Trinajstić information content (AvgIpc) is 2.01. The third-order valence-corrected chi connectivity index (χ3v) is 1.81. The summed E-state index contributed by atoms with van der Waals surface area (Å²) in [5.74, 6) is -0.998. The molecule has 0 saturated carbocycles. The van der Waals surface area contributed by atoms with E-state index in [1.54, 1.807) is 0 Å². The first-order chi connectivity index (χ1) is 6.13. The number of carbonyl (C=O) groups is 2. The van der Waals surface area contributed by atoms with Crippen LogP contribution in [-0.4, -0.2) is 46.5 Å². The third-order valence-electron chi connectivity index (χ3n) is 1.81. The van der Waals surface area contributed by atoms with Crippen LogP contribution in [0.2, 0.25) is 0 Å². The topological polar surface area (TPSA) is 80.4 Å².